The molecule has 5 N–H and O–H groups in total. The summed E-state index contributed by atoms with van der Waals surface area (Å²) in [5.41, 5.74) is 9.17. The van der Waals surface area contributed by atoms with E-state index in [1.807, 2.05) is 0 Å². The van der Waals surface area contributed by atoms with E-state index in [0.29, 0.717) is 0 Å². The number of halogens is 2. The van der Waals surface area contributed by atoms with Gasteiger partial charge in [0.2, 0.25) is 5.91 Å². The van der Waals surface area contributed by atoms with Gasteiger partial charge in [0.05, 0.1) is 11.8 Å². The first-order valence-electron chi connectivity index (χ1n) is 5.84. The van der Waals surface area contributed by atoms with Crippen molar-refractivity contribution in [3.8, 4) is 0 Å². The zero-order valence-corrected chi connectivity index (χ0v) is 10.3. The van der Waals surface area contributed by atoms with Crippen LogP contribution < -0.4 is 11.5 Å². The summed E-state index contributed by atoms with van der Waals surface area (Å²) >= 11 is 0. The number of benzene rings is 1. The molecule has 0 radical (unpaired) electrons. The van der Waals surface area contributed by atoms with Crippen molar-refractivity contribution < 1.29 is 23.5 Å². The molecule has 6 nitrogen and oxygen atoms in total. The number of aliphatic hydroxyl groups is 1. The van der Waals surface area contributed by atoms with Gasteiger partial charge in [-0.2, -0.15) is 0 Å². The molecule has 1 aromatic carbocycles. The topological polar surface area (TPSA) is 110 Å². The summed E-state index contributed by atoms with van der Waals surface area (Å²) in [5.74, 6) is -4.20. The Balaban J connectivity index is 2.41. The van der Waals surface area contributed by atoms with Gasteiger partial charge in [0.15, 0.2) is 5.82 Å². The number of carbonyl (C=O) groups is 2. The molecule has 0 bridgehead atoms. The third-order valence-corrected chi connectivity index (χ3v) is 3.20. The third kappa shape index (κ3) is 2.29. The predicted molar refractivity (Wildman–Crippen MR) is 65.4 cm³/mol. The van der Waals surface area contributed by atoms with Crippen LogP contribution in [0.15, 0.2) is 12.1 Å². The molecular formula is C12H13F2N3O3. The van der Waals surface area contributed by atoms with Crippen LogP contribution in [0.3, 0.4) is 0 Å². The Morgan fingerprint density at radius 2 is 2.00 bits per heavy atom. The van der Waals surface area contributed by atoms with Crippen LogP contribution in [-0.2, 0) is 4.79 Å². The minimum Gasteiger partial charge on any atom is -0.396 e. The van der Waals surface area contributed by atoms with Gasteiger partial charge in [-0.25, -0.2) is 8.78 Å². The van der Waals surface area contributed by atoms with Crippen molar-refractivity contribution in [2.24, 2.45) is 5.73 Å². The summed E-state index contributed by atoms with van der Waals surface area (Å²) in [6.07, 6.45) is -1.03. The molecule has 2 amide bonds. The van der Waals surface area contributed by atoms with Crippen LogP contribution in [-0.4, -0.2) is 40.5 Å². The maximum absolute atomic E-state index is 13.8. The lowest BCUT2D eigenvalue weighted by Crippen LogP contribution is -2.44. The Bertz CT molecular complexity index is 579. The molecule has 0 saturated carbocycles. The number of primary amides is 1. The van der Waals surface area contributed by atoms with Gasteiger partial charge >= 0.3 is 0 Å². The molecule has 8 heteroatoms. The van der Waals surface area contributed by atoms with Gasteiger partial charge < -0.3 is 21.5 Å². The molecule has 0 aromatic heterocycles. The predicted octanol–water partition coefficient (Wildman–Crippen LogP) is -0.392. The van der Waals surface area contributed by atoms with Crippen LogP contribution in [0, 0.1) is 11.6 Å². The molecular weight excluding hydrogens is 272 g/mol. The molecule has 2 unspecified atom stereocenters. The molecule has 1 fully saturated rings. The lowest BCUT2D eigenvalue weighted by molar-refractivity contribution is -0.121. The van der Waals surface area contributed by atoms with E-state index in [-0.39, 0.29) is 18.7 Å². The quantitative estimate of drug-likeness (QED) is 0.643. The summed E-state index contributed by atoms with van der Waals surface area (Å²) in [7, 11) is 0. The minimum atomic E-state index is -1.19. The number of hydrogen-bond donors (Lipinski definition) is 3. The van der Waals surface area contributed by atoms with Crippen molar-refractivity contribution in [3.05, 3.63) is 29.3 Å². The molecule has 108 valence electrons. The number of aliphatic hydroxyl groups excluding tert-OH is 1. The van der Waals surface area contributed by atoms with E-state index in [1.165, 1.54) is 0 Å². The van der Waals surface area contributed by atoms with Crippen LogP contribution in [0.2, 0.25) is 0 Å². The van der Waals surface area contributed by atoms with Crippen LogP contribution >= 0.6 is 0 Å². The van der Waals surface area contributed by atoms with Crippen molar-refractivity contribution in [3.63, 3.8) is 0 Å². The first kappa shape index (κ1) is 14.2. The first-order valence-corrected chi connectivity index (χ1v) is 5.84. The Labute approximate surface area is 113 Å². The second kappa shape index (κ2) is 5.04. The van der Waals surface area contributed by atoms with E-state index >= 15 is 0 Å². The number of rotatable bonds is 2. The zero-order chi connectivity index (χ0) is 15.0. The molecule has 2 rings (SSSR count). The van der Waals surface area contributed by atoms with Crippen molar-refractivity contribution in [2.75, 3.05) is 12.3 Å². The van der Waals surface area contributed by atoms with E-state index in [4.69, 9.17) is 11.5 Å². The van der Waals surface area contributed by atoms with Crippen LogP contribution in [0.25, 0.3) is 0 Å². The molecule has 1 aliphatic heterocycles. The molecule has 2 atom stereocenters. The molecule has 1 heterocycles. The minimum absolute atomic E-state index is 0.0629. The maximum Gasteiger partial charge on any atom is 0.260 e. The smallest absolute Gasteiger partial charge is 0.260 e. The maximum atomic E-state index is 13.8. The highest BCUT2D eigenvalue weighted by Gasteiger charge is 2.39. The van der Waals surface area contributed by atoms with Crippen molar-refractivity contribution in [1.82, 2.24) is 4.90 Å². The Morgan fingerprint density at radius 1 is 1.35 bits per heavy atom. The fourth-order valence-corrected chi connectivity index (χ4v) is 2.22. The van der Waals surface area contributed by atoms with Gasteiger partial charge in [0.1, 0.15) is 17.4 Å². The van der Waals surface area contributed by atoms with E-state index in [9.17, 15) is 23.5 Å². The number of anilines is 1. The number of likely N-dealkylation sites (tertiary alicyclic amines) is 1. The summed E-state index contributed by atoms with van der Waals surface area (Å²) in [4.78, 5) is 24.3. The number of amides is 2. The van der Waals surface area contributed by atoms with Crippen LogP contribution in [0.4, 0.5) is 14.5 Å². The lowest BCUT2D eigenvalue weighted by Gasteiger charge is -2.22. The van der Waals surface area contributed by atoms with Crippen molar-refractivity contribution in [2.45, 2.75) is 18.6 Å². The molecule has 1 aromatic rings. The van der Waals surface area contributed by atoms with E-state index in [0.717, 1.165) is 17.0 Å². The second-order valence-corrected chi connectivity index (χ2v) is 4.59. The summed E-state index contributed by atoms with van der Waals surface area (Å²) in [6.45, 7) is -0.222. The molecule has 1 aliphatic rings. The largest absolute Gasteiger partial charge is 0.396 e. The number of nitrogens with zero attached hydrogens (tertiary/aromatic N) is 1. The van der Waals surface area contributed by atoms with E-state index in [2.05, 4.69) is 0 Å². The Kier molecular flexibility index (Phi) is 3.58. The number of hydrogen-bond acceptors (Lipinski definition) is 4. The number of nitrogens with two attached hydrogens (primary N) is 2. The number of carbonyl (C=O) groups excluding carboxylic acids is 2. The fraction of sp³-hybridized carbons (Fsp3) is 0.333. The monoisotopic (exact) mass is 285 g/mol. The highest BCUT2D eigenvalue weighted by atomic mass is 19.1. The number of β-amino-alcohol motifs (C(OH)–C–C–N with tert-alkyl or cyclic N) is 1. The zero-order valence-electron chi connectivity index (χ0n) is 10.3. The Morgan fingerprint density at radius 3 is 2.60 bits per heavy atom. The average molecular weight is 285 g/mol. The fourth-order valence-electron chi connectivity index (χ4n) is 2.22. The summed E-state index contributed by atoms with van der Waals surface area (Å²) < 4.78 is 27.4. The highest BCUT2D eigenvalue weighted by Crippen LogP contribution is 2.25. The second-order valence-electron chi connectivity index (χ2n) is 4.59. The van der Waals surface area contributed by atoms with Gasteiger partial charge in [-0.3, -0.25) is 9.59 Å². The number of nitrogen functional groups attached to an aromatic ring is 1. The third-order valence-electron chi connectivity index (χ3n) is 3.20. The Hall–Kier alpha value is -2.22. The molecule has 0 spiro atoms. The lowest BCUT2D eigenvalue weighted by atomic mass is 10.1. The summed E-state index contributed by atoms with van der Waals surface area (Å²) in [6, 6.07) is 0.751. The van der Waals surface area contributed by atoms with E-state index in [1.54, 1.807) is 0 Å². The SMILES string of the molecule is NC(=O)C1CC(O)CN1C(=O)c1c(F)ccc(N)c1F. The molecule has 0 aliphatic carbocycles. The van der Waals surface area contributed by atoms with E-state index < -0.39 is 41.2 Å². The molecule has 20 heavy (non-hydrogen) atoms. The van der Waals surface area contributed by atoms with Crippen LogP contribution in [0.5, 0.6) is 0 Å². The first-order chi connectivity index (χ1) is 9.32. The van der Waals surface area contributed by atoms with Gasteiger partial charge in [0.25, 0.3) is 5.91 Å². The van der Waals surface area contributed by atoms with Crippen LogP contribution in [0.1, 0.15) is 16.8 Å². The highest BCUT2D eigenvalue weighted by molar-refractivity contribution is 5.99. The van der Waals surface area contributed by atoms with Crippen molar-refractivity contribution >= 4 is 17.5 Å². The standard InChI is InChI=1S/C12H13F2N3O3/c13-6-1-2-7(15)10(14)9(6)12(20)17-4-5(18)3-8(17)11(16)19/h1-2,5,8,18H,3-4,15H2,(H2,16,19). The average Bonchev–Trinajstić information content (AvgIpc) is 2.76. The van der Waals surface area contributed by atoms with Gasteiger partial charge in [-0.1, -0.05) is 0 Å². The van der Waals surface area contributed by atoms with Gasteiger partial charge in [0, 0.05) is 13.0 Å². The summed E-state index contributed by atoms with van der Waals surface area (Å²) in [5, 5.41) is 9.49. The van der Waals surface area contributed by atoms with Gasteiger partial charge in [-0.15, -0.1) is 0 Å². The van der Waals surface area contributed by atoms with Gasteiger partial charge in [-0.05, 0) is 12.1 Å². The molecule has 1 saturated heterocycles. The normalized spacial score (nSPS) is 22.1. The van der Waals surface area contributed by atoms with Crippen molar-refractivity contribution in [1.29, 1.82) is 0 Å².